The molecule has 0 spiro atoms. The number of hydrogen-bond acceptors (Lipinski definition) is 2. The predicted molar refractivity (Wildman–Crippen MR) is 72.9 cm³/mol. The summed E-state index contributed by atoms with van der Waals surface area (Å²) in [4.78, 5) is 0. The third kappa shape index (κ3) is 4.88. The van der Waals surface area contributed by atoms with E-state index in [1.807, 2.05) is 6.07 Å². The third-order valence-electron chi connectivity index (χ3n) is 3.06. The fourth-order valence-corrected chi connectivity index (χ4v) is 2.04. The summed E-state index contributed by atoms with van der Waals surface area (Å²) in [6.07, 6.45) is 2.05. The second-order valence-corrected chi connectivity index (χ2v) is 5.05. The van der Waals surface area contributed by atoms with Crippen molar-refractivity contribution in [2.45, 2.75) is 45.7 Å². The Hall–Kier alpha value is -0.860. The molecule has 17 heavy (non-hydrogen) atoms. The first kappa shape index (κ1) is 14.2. The summed E-state index contributed by atoms with van der Waals surface area (Å²) < 4.78 is 0. The van der Waals surface area contributed by atoms with Crippen LogP contribution in [-0.2, 0) is 0 Å². The van der Waals surface area contributed by atoms with Crippen LogP contribution in [0.25, 0.3) is 0 Å². The van der Waals surface area contributed by atoms with E-state index in [9.17, 15) is 5.11 Å². The first-order valence-electron chi connectivity index (χ1n) is 6.59. The number of nitrogens with one attached hydrogen (secondary N) is 1. The first-order valence-corrected chi connectivity index (χ1v) is 6.59. The van der Waals surface area contributed by atoms with Gasteiger partial charge in [0.25, 0.3) is 0 Å². The van der Waals surface area contributed by atoms with Crippen LogP contribution in [0.5, 0.6) is 0 Å². The number of hydrogen-bond donors (Lipinski definition) is 2. The van der Waals surface area contributed by atoms with Gasteiger partial charge in [0.1, 0.15) is 0 Å². The zero-order valence-corrected chi connectivity index (χ0v) is 11.2. The van der Waals surface area contributed by atoms with Crippen molar-refractivity contribution in [3.8, 4) is 0 Å². The molecule has 0 fully saturated rings. The van der Waals surface area contributed by atoms with E-state index < -0.39 is 0 Å². The summed E-state index contributed by atoms with van der Waals surface area (Å²) in [5, 5.41) is 12.8. The van der Waals surface area contributed by atoms with Gasteiger partial charge in [-0.25, -0.2) is 0 Å². The van der Waals surface area contributed by atoms with Gasteiger partial charge in [0.15, 0.2) is 0 Å². The van der Waals surface area contributed by atoms with Crippen molar-refractivity contribution in [2.24, 2.45) is 5.92 Å². The Morgan fingerprint density at radius 2 is 1.82 bits per heavy atom. The van der Waals surface area contributed by atoms with Gasteiger partial charge in [0.2, 0.25) is 0 Å². The maximum absolute atomic E-state index is 9.29. The van der Waals surface area contributed by atoms with Crippen LogP contribution in [0.3, 0.4) is 0 Å². The van der Waals surface area contributed by atoms with Crippen LogP contribution in [-0.4, -0.2) is 17.8 Å². The third-order valence-corrected chi connectivity index (χ3v) is 3.06. The van der Waals surface area contributed by atoms with Crippen molar-refractivity contribution in [2.75, 3.05) is 6.61 Å². The summed E-state index contributed by atoms with van der Waals surface area (Å²) in [6.45, 7) is 6.78. The normalized spacial score (nSPS) is 14.9. The zero-order chi connectivity index (χ0) is 12.7. The highest BCUT2D eigenvalue weighted by atomic mass is 16.3. The van der Waals surface area contributed by atoms with Crippen molar-refractivity contribution >= 4 is 0 Å². The first-order chi connectivity index (χ1) is 8.17. The Kier molecular flexibility index (Phi) is 6.23. The van der Waals surface area contributed by atoms with E-state index in [0.717, 1.165) is 12.8 Å². The van der Waals surface area contributed by atoms with Gasteiger partial charge >= 0.3 is 0 Å². The highest BCUT2D eigenvalue weighted by molar-refractivity contribution is 5.19. The minimum atomic E-state index is 0.193. The molecule has 0 aliphatic carbocycles. The lowest BCUT2D eigenvalue weighted by atomic mass is 9.96. The molecule has 0 saturated carbocycles. The molecule has 96 valence electrons. The lowest BCUT2D eigenvalue weighted by molar-refractivity contribution is 0.221. The Morgan fingerprint density at radius 1 is 1.18 bits per heavy atom. The standard InChI is InChI=1S/C15H25NO/c1-4-14(11-17)16-15(10-12(2)3)13-8-6-5-7-9-13/h5-9,12,14-17H,4,10-11H2,1-3H3. The summed E-state index contributed by atoms with van der Waals surface area (Å²) in [5.74, 6) is 0.643. The van der Waals surface area contributed by atoms with Crippen LogP contribution in [0.4, 0.5) is 0 Å². The van der Waals surface area contributed by atoms with Crippen LogP contribution in [0.2, 0.25) is 0 Å². The molecule has 1 rings (SSSR count). The fraction of sp³-hybridized carbons (Fsp3) is 0.600. The van der Waals surface area contributed by atoms with Gasteiger partial charge in [-0.05, 0) is 24.3 Å². The smallest absolute Gasteiger partial charge is 0.0584 e. The average molecular weight is 235 g/mol. The van der Waals surface area contributed by atoms with Crippen LogP contribution in [0.1, 0.15) is 45.2 Å². The molecule has 0 radical (unpaired) electrons. The van der Waals surface area contributed by atoms with Crippen LogP contribution in [0, 0.1) is 5.92 Å². The molecule has 2 unspecified atom stereocenters. The zero-order valence-electron chi connectivity index (χ0n) is 11.2. The van der Waals surface area contributed by atoms with Crippen molar-refractivity contribution in [1.29, 1.82) is 0 Å². The summed E-state index contributed by atoms with van der Waals surface area (Å²) in [7, 11) is 0. The molecule has 0 heterocycles. The SMILES string of the molecule is CCC(CO)NC(CC(C)C)c1ccccc1. The van der Waals surface area contributed by atoms with Crippen LogP contribution in [0.15, 0.2) is 30.3 Å². The van der Waals surface area contributed by atoms with E-state index >= 15 is 0 Å². The molecule has 0 aliphatic heterocycles. The lowest BCUT2D eigenvalue weighted by Gasteiger charge is -2.25. The van der Waals surface area contributed by atoms with Crippen LogP contribution >= 0.6 is 0 Å². The lowest BCUT2D eigenvalue weighted by Crippen LogP contribution is -2.35. The number of rotatable bonds is 7. The molecule has 0 saturated heterocycles. The maximum atomic E-state index is 9.29. The monoisotopic (exact) mass is 235 g/mol. The minimum Gasteiger partial charge on any atom is -0.395 e. The number of aliphatic hydroxyl groups excluding tert-OH is 1. The van der Waals surface area contributed by atoms with Gasteiger partial charge in [-0.3, -0.25) is 0 Å². The van der Waals surface area contributed by atoms with Crippen molar-refractivity contribution in [3.63, 3.8) is 0 Å². The molecule has 2 heteroatoms. The van der Waals surface area contributed by atoms with Gasteiger partial charge in [0, 0.05) is 12.1 Å². The largest absolute Gasteiger partial charge is 0.395 e. The Bertz CT molecular complexity index is 293. The van der Waals surface area contributed by atoms with E-state index in [1.54, 1.807) is 0 Å². The Labute approximate surface area is 105 Å². The van der Waals surface area contributed by atoms with E-state index in [4.69, 9.17) is 0 Å². The van der Waals surface area contributed by atoms with Gasteiger partial charge in [-0.1, -0.05) is 51.1 Å². The molecule has 1 aromatic carbocycles. The summed E-state index contributed by atoms with van der Waals surface area (Å²) >= 11 is 0. The van der Waals surface area contributed by atoms with E-state index in [-0.39, 0.29) is 12.6 Å². The van der Waals surface area contributed by atoms with E-state index in [2.05, 4.69) is 50.4 Å². The molecule has 2 N–H and O–H groups in total. The average Bonchev–Trinajstić information content (AvgIpc) is 2.35. The highest BCUT2D eigenvalue weighted by Crippen LogP contribution is 2.21. The van der Waals surface area contributed by atoms with E-state index in [0.29, 0.717) is 12.0 Å². The van der Waals surface area contributed by atoms with Gasteiger partial charge in [0.05, 0.1) is 6.61 Å². The second kappa shape index (κ2) is 7.46. The Balaban J connectivity index is 2.73. The summed E-state index contributed by atoms with van der Waals surface area (Å²) in [5.41, 5.74) is 1.31. The predicted octanol–water partition coefficient (Wildman–Crippen LogP) is 3.13. The maximum Gasteiger partial charge on any atom is 0.0584 e. The van der Waals surface area contributed by atoms with Crippen molar-refractivity contribution in [1.82, 2.24) is 5.32 Å². The fourth-order valence-electron chi connectivity index (χ4n) is 2.04. The molecule has 0 aromatic heterocycles. The highest BCUT2D eigenvalue weighted by Gasteiger charge is 2.16. The summed E-state index contributed by atoms with van der Waals surface area (Å²) in [6, 6.07) is 11.0. The van der Waals surface area contributed by atoms with Crippen LogP contribution < -0.4 is 5.32 Å². The van der Waals surface area contributed by atoms with Crippen molar-refractivity contribution in [3.05, 3.63) is 35.9 Å². The molecular formula is C15H25NO. The molecule has 0 aliphatic rings. The van der Waals surface area contributed by atoms with E-state index in [1.165, 1.54) is 5.56 Å². The minimum absolute atomic E-state index is 0.193. The topological polar surface area (TPSA) is 32.3 Å². The number of benzene rings is 1. The van der Waals surface area contributed by atoms with Gasteiger partial charge < -0.3 is 10.4 Å². The Morgan fingerprint density at radius 3 is 2.29 bits per heavy atom. The second-order valence-electron chi connectivity index (χ2n) is 5.05. The van der Waals surface area contributed by atoms with Gasteiger partial charge in [-0.2, -0.15) is 0 Å². The molecule has 0 amide bonds. The molecular weight excluding hydrogens is 210 g/mol. The number of aliphatic hydroxyl groups is 1. The molecule has 2 nitrogen and oxygen atoms in total. The quantitative estimate of drug-likeness (QED) is 0.761. The van der Waals surface area contributed by atoms with Gasteiger partial charge in [-0.15, -0.1) is 0 Å². The molecule has 0 bridgehead atoms. The molecule has 1 aromatic rings. The molecule has 2 atom stereocenters. The van der Waals surface area contributed by atoms with Crippen molar-refractivity contribution < 1.29 is 5.11 Å².